The molecule has 0 heterocycles. The Bertz CT molecular complexity index is 728. The summed E-state index contributed by atoms with van der Waals surface area (Å²) >= 11 is 5.98. The summed E-state index contributed by atoms with van der Waals surface area (Å²) in [7, 11) is 3.11. The molecule has 2 rings (SSSR count). The van der Waals surface area contributed by atoms with Gasteiger partial charge in [0.25, 0.3) is 0 Å². The summed E-state index contributed by atoms with van der Waals surface area (Å²) in [5.41, 5.74) is 1.85. The molecule has 5 nitrogen and oxygen atoms in total. The highest BCUT2D eigenvalue weighted by Crippen LogP contribution is 2.30. The van der Waals surface area contributed by atoms with Crippen LogP contribution in [0.4, 0.5) is 5.69 Å². The lowest BCUT2D eigenvalue weighted by molar-refractivity contribution is 0.191. The van der Waals surface area contributed by atoms with Gasteiger partial charge in [-0.3, -0.25) is 0 Å². The van der Waals surface area contributed by atoms with E-state index in [0.717, 1.165) is 5.69 Å². The summed E-state index contributed by atoms with van der Waals surface area (Å²) in [6, 6.07) is 12.3. The molecule has 0 saturated carbocycles. The van der Waals surface area contributed by atoms with Gasteiger partial charge in [0.1, 0.15) is 6.07 Å². The lowest BCUT2D eigenvalue weighted by Crippen LogP contribution is -2.12. The molecule has 23 heavy (non-hydrogen) atoms. The second kappa shape index (κ2) is 7.73. The zero-order valence-electron chi connectivity index (χ0n) is 12.8. The number of anilines is 1. The molecule has 0 unspecified atom stereocenters. The fraction of sp³-hybridized carbons (Fsp3) is 0.235. The third-order valence-corrected chi connectivity index (χ3v) is 3.69. The Balaban J connectivity index is 2.06. The van der Waals surface area contributed by atoms with E-state index >= 15 is 0 Å². The van der Waals surface area contributed by atoms with Crippen molar-refractivity contribution in [3.05, 3.63) is 52.5 Å². The number of methoxy groups -OCH3 is 2. The number of hydrogen-bond acceptors (Lipinski definition) is 5. The molecule has 2 N–H and O–H groups in total. The van der Waals surface area contributed by atoms with E-state index in [1.54, 1.807) is 50.6 Å². The van der Waals surface area contributed by atoms with Gasteiger partial charge >= 0.3 is 0 Å². The Hall–Kier alpha value is -2.42. The fourth-order valence-corrected chi connectivity index (χ4v) is 2.33. The molecule has 0 fully saturated rings. The molecule has 0 aliphatic heterocycles. The van der Waals surface area contributed by atoms with Gasteiger partial charge in [-0.15, -0.1) is 0 Å². The average molecular weight is 333 g/mol. The van der Waals surface area contributed by atoms with E-state index in [1.165, 1.54) is 0 Å². The maximum absolute atomic E-state index is 10.3. The summed E-state index contributed by atoms with van der Waals surface area (Å²) in [5.74, 6) is 1.17. The van der Waals surface area contributed by atoms with Gasteiger partial charge in [0, 0.05) is 12.2 Å². The van der Waals surface area contributed by atoms with Crippen LogP contribution < -0.4 is 14.8 Å². The summed E-state index contributed by atoms with van der Waals surface area (Å²) in [6.45, 7) is 0.289. The number of nitriles is 1. The quantitative estimate of drug-likeness (QED) is 0.848. The third kappa shape index (κ3) is 4.07. The molecule has 2 aromatic carbocycles. The molecular weight excluding hydrogens is 316 g/mol. The number of rotatable bonds is 6. The van der Waals surface area contributed by atoms with E-state index in [1.807, 2.05) is 6.07 Å². The second-order valence-electron chi connectivity index (χ2n) is 4.82. The van der Waals surface area contributed by atoms with Gasteiger partial charge in [0.2, 0.25) is 0 Å². The van der Waals surface area contributed by atoms with Gasteiger partial charge in [0.05, 0.1) is 30.9 Å². The van der Waals surface area contributed by atoms with E-state index < -0.39 is 6.10 Å². The lowest BCUT2D eigenvalue weighted by Gasteiger charge is -2.15. The molecule has 120 valence electrons. The first-order chi connectivity index (χ1) is 11.1. The minimum Gasteiger partial charge on any atom is -0.493 e. The van der Waals surface area contributed by atoms with Gasteiger partial charge in [-0.25, -0.2) is 0 Å². The number of hydrogen-bond donors (Lipinski definition) is 2. The van der Waals surface area contributed by atoms with Crippen molar-refractivity contribution in [1.82, 2.24) is 0 Å². The highest BCUT2D eigenvalue weighted by molar-refractivity contribution is 6.32. The Morgan fingerprint density at radius 1 is 1.17 bits per heavy atom. The Kier molecular flexibility index (Phi) is 5.69. The molecule has 0 spiro atoms. The highest BCUT2D eigenvalue weighted by Gasteiger charge is 2.12. The molecule has 2 aromatic rings. The van der Waals surface area contributed by atoms with E-state index in [9.17, 15) is 5.11 Å². The van der Waals surface area contributed by atoms with Gasteiger partial charge in [-0.2, -0.15) is 5.26 Å². The Labute approximate surface area is 140 Å². The van der Waals surface area contributed by atoms with Crippen molar-refractivity contribution in [1.29, 1.82) is 5.26 Å². The number of aliphatic hydroxyl groups excluding tert-OH is 1. The first kappa shape index (κ1) is 16.9. The maximum Gasteiger partial charge on any atom is 0.161 e. The third-order valence-electron chi connectivity index (χ3n) is 3.38. The highest BCUT2D eigenvalue weighted by atomic mass is 35.5. The van der Waals surface area contributed by atoms with E-state index in [-0.39, 0.29) is 6.54 Å². The molecule has 0 radical (unpaired) electrons. The van der Waals surface area contributed by atoms with Gasteiger partial charge in [0.15, 0.2) is 11.5 Å². The standard InChI is InChI=1S/C17H17ClN2O3/c1-22-16-6-4-11(7-17(16)23-2)15(21)10-20-13-5-3-12(9-19)14(18)8-13/h3-8,15,20-21H,10H2,1-2H3/t15-/m1/s1. The largest absolute Gasteiger partial charge is 0.493 e. The SMILES string of the molecule is COc1ccc([C@H](O)CNc2ccc(C#N)c(Cl)c2)cc1OC. The lowest BCUT2D eigenvalue weighted by atomic mass is 10.1. The number of nitrogens with one attached hydrogen (secondary N) is 1. The molecule has 0 saturated heterocycles. The van der Waals surface area contributed by atoms with Gasteiger partial charge in [-0.05, 0) is 35.9 Å². The monoisotopic (exact) mass is 332 g/mol. The topological polar surface area (TPSA) is 74.5 Å². The average Bonchev–Trinajstić information content (AvgIpc) is 2.59. The van der Waals surface area contributed by atoms with E-state index in [2.05, 4.69) is 5.32 Å². The second-order valence-corrected chi connectivity index (χ2v) is 5.22. The van der Waals surface area contributed by atoms with Crippen molar-refractivity contribution in [3.63, 3.8) is 0 Å². The molecule has 1 atom stereocenters. The van der Waals surface area contributed by atoms with Crippen molar-refractivity contribution >= 4 is 17.3 Å². The van der Waals surface area contributed by atoms with E-state index in [4.69, 9.17) is 26.3 Å². The van der Waals surface area contributed by atoms with Crippen molar-refractivity contribution in [2.75, 3.05) is 26.1 Å². The van der Waals surface area contributed by atoms with Gasteiger partial charge < -0.3 is 19.9 Å². The summed E-state index contributed by atoms with van der Waals surface area (Å²) in [4.78, 5) is 0. The normalized spacial score (nSPS) is 11.4. The van der Waals surface area contributed by atoms with Gasteiger partial charge in [-0.1, -0.05) is 17.7 Å². The molecule has 0 aliphatic carbocycles. The molecule has 0 bridgehead atoms. The number of aliphatic hydroxyl groups is 1. The molecule has 0 aromatic heterocycles. The smallest absolute Gasteiger partial charge is 0.161 e. The molecule has 0 amide bonds. The predicted molar refractivity (Wildman–Crippen MR) is 89.2 cm³/mol. The van der Waals surface area contributed by atoms with Crippen LogP contribution in [0.2, 0.25) is 5.02 Å². The van der Waals surface area contributed by atoms with Crippen molar-refractivity contribution < 1.29 is 14.6 Å². The number of benzene rings is 2. The van der Waals surface area contributed by atoms with Crippen molar-refractivity contribution in [3.8, 4) is 17.6 Å². The van der Waals surface area contributed by atoms with Crippen LogP contribution in [0, 0.1) is 11.3 Å². The van der Waals surface area contributed by atoms with Crippen LogP contribution in [-0.2, 0) is 0 Å². The fourth-order valence-electron chi connectivity index (χ4n) is 2.11. The summed E-state index contributed by atoms with van der Waals surface area (Å²) in [6.07, 6.45) is -0.732. The van der Waals surface area contributed by atoms with Crippen LogP contribution in [0.15, 0.2) is 36.4 Å². The Morgan fingerprint density at radius 2 is 1.91 bits per heavy atom. The molecule has 6 heteroatoms. The van der Waals surface area contributed by atoms with Crippen molar-refractivity contribution in [2.24, 2.45) is 0 Å². The molecule has 0 aliphatic rings. The van der Waals surface area contributed by atoms with Crippen LogP contribution in [-0.4, -0.2) is 25.9 Å². The summed E-state index contributed by atoms with van der Waals surface area (Å²) < 4.78 is 10.4. The minimum absolute atomic E-state index is 0.289. The van der Waals surface area contributed by atoms with Crippen LogP contribution in [0.1, 0.15) is 17.2 Å². The van der Waals surface area contributed by atoms with Crippen LogP contribution in [0.25, 0.3) is 0 Å². The first-order valence-electron chi connectivity index (χ1n) is 6.92. The van der Waals surface area contributed by atoms with Crippen LogP contribution >= 0.6 is 11.6 Å². The zero-order chi connectivity index (χ0) is 16.8. The maximum atomic E-state index is 10.3. The number of nitrogens with zero attached hydrogens (tertiary/aromatic N) is 1. The van der Waals surface area contributed by atoms with Crippen molar-refractivity contribution in [2.45, 2.75) is 6.10 Å². The number of ether oxygens (including phenoxy) is 2. The summed E-state index contributed by atoms with van der Waals surface area (Å²) in [5, 5.41) is 22.6. The minimum atomic E-state index is -0.732. The van der Waals surface area contributed by atoms with E-state index in [0.29, 0.717) is 27.6 Å². The molecular formula is C17H17ClN2O3. The number of halogens is 1. The first-order valence-corrected chi connectivity index (χ1v) is 7.30. The zero-order valence-corrected chi connectivity index (χ0v) is 13.6. The van der Waals surface area contributed by atoms with Crippen LogP contribution in [0.5, 0.6) is 11.5 Å². The van der Waals surface area contributed by atoms with Crippen LogP contribution in [0.3, 0.4) is 0 Å². The predicted octanol–water partition coefficient (Wildman–Crippen LogP) is 3.37. The Morgan fingerprint density at radius 3 is 2.52 bits per heavy atom.